The van der Waals surface area contributed by atoms with Crippen molar-refractivity contribution in [3.63, 3.8) is 0 Å². The van der Waals surface area contributed by atoms with Crippen molar-refractivity contribution < 1.29 is 14.3 Å². The number of carbonyl (C=O) groups is 2. The van der Waals surface area contributed by atoms with E-state index in [1.165, 1.54) is 6.08 Å². The van der Waals surface area contributed by atoms with Crippen LogP contribution < -0.4 is 10.6 Å². The van der Waals surface area contributed by atoms with E-state index in [2.05, 4.69) is 17.2 Å². The molecule has 1 saturated carbocycles. The van der Waals surface area contributed by atoms with Gasteiger partial charge in [0.15, 0.2) is 0 Å². The van der Waals surface area contributed by atoms with Gasteiger partial charge in [-0.05, 0) is 52.5 Å². The van der Waals surface area contributed by atoms with Crippen molar-refractivity contribution in [2.45, 2.75) is 64.1 Å². The Balaban J connectivity index is 2.28. The summed E-state index contributed by atoms with van der Waals surface area (Å²) in [5.74, 6) is -0.136. The second kappa shape index (κ2) is 6.59. The number of ether oxygens (including phenoxy) is 1. The topological polar surface area (TPSA) is 67.4 Å². The predicted molar refractivity (Wildman–Crippen MR) is 73.8 cm³/mol. The van der Waals surface area contributed by atoms with Crippen LogP contribution in [0.25, 0.3) is 0 Å². The summed E-state index contributed by atoms with van der Waals surface area (Å²) in [5.41, 5.74) is -0.473. The van der Waals surface area contributed by atoms with Crippen LogP contribution in [0.4, 0.5) is 4.79 Å². The van der Waals surface area contributed by atoms with Gasteiger partial charge in [-0.3, -0.25) is 4.79 Å². The van der Waals surface area contributed by atoms with Crippen LogP contribution in [-0.2, 0) is 9.53 Å². The van der Waals surface area contributed by atoms with Crippen molar-refractivity contribution in [2.75, 3.05) is 0 Å². The van der Waals surface area contributed by atoms with Crippen molar-refractivity contribution in [3.8, 4) is 0 Å². The quantitative estimate of drug-likeness (QED) is 0.770. The summed E-state index contributed by atoms with van der Waals surface area (Å²) in [6.07, 6.45) is 4.33. The van der Waals surface area contributed by atoms with E-state index in [4.69, 9.17) is 4.74 Å². The second-order valence-corrected chi connectivity index (χ2v) is 5.91. The molecule has 0 heterocycles. The molecular weight excluding hydrogens is 244 g/mol. The highest BCUT2D eigenvalue weighted by Crippen LogP contribution is 2.19. The van der Waals surface area contributed by atoms with Gasteiger partial charge in [-0.15, -0.1) is 0 Å². The Morgan fingerprint density at radius 1 is 1.11 bits per heavy atom. The van der Waals surface area contributed by atoms with Crippen LogP contribution in [0, 0.1) is 0 Å². The van der Waals surface area contributed by atoms with Gasteiger partial charge >= 0.3 is 6.09 Å². The number of alkyl carbamates (subject to hydrolysis) is 1. The van der Waals surface area contributed by atoms with Gasteiger partial charge in [0, 0.05) is 12.1 Å². The van der Waals surface area contributed by atoms with Gasteiger partial charge in [-0.2, -0.15) is 0 Å². The molecular formula is C14H24N2O3. The second-order valence-electron chi connectivity index (χ2n) is 5.91. The van der Waals surface area contributed by atoms with E-state index < -0.39 is 5.60 Å². The SMILES string of the molecule is C=CC(=O)NC1CCC(NC(=O)OC(C)(C)C)CC1. The molecule has 2 N–H and O–H groups in total. The normalized spacial score (nSPS) is 23.3. The van der Waals surface area contributed by atoms with Gasteiger partial charge in [0.05, 0.1) is 0 Å². The molecule has 0 atom stereocenters. The number of hydrogen-bond acceptors (Lipinski definition) is 3. The molecule has 5 heteroatoms. The third kappa shape index (κ3) is 6.27. The highest BCUT2D eigenvalue weighted by atomic mass is 16.6. The summed E-state index contributed by atoms with van der Waals surface area (Å²) in [7, 11) is 0. The zero-order chi connectivity index (χ0) is 14.5. The van der Waals surface area contributed by atoms with Crippen molar-refractivity contribution in [1.29, 1.82) is 0 Å². The van der Waals surface area contributed by atoms with Crippen LogP contribution in [0.1, 0.15) is 46.5 Å². The molecule has 1 aliphatic rings. The van der Waals surface area contributed by atoms with E-state index in [1.807, 2.05) is 20.8 Å². The summed E-state index contributed by atoms with van der Waals surface area (Å²) in [6, 6.07) is 0.314. The number of rotatable bonds is 3. The van der Waals surface area contributed by atoms with Crippen LogP contribution in [0.15, 0.2) is 12.7 Å². The van der Waals surface area contributed by atoms with E-state index in [0.29, 0.717) is 0 Å². The zero-order valence-electron chi connectivity index (χ0n) is 12.0. The van der Waals surface area contributed by atoms with Gasteiger partial charge in [0.25, 0.3) is 0 Å². The third-order valence-electron chi connectivity index (χ3n) is 2.98. The third-order valence-corrected chi connectivity index (χ3v) is 2.98. The Bertz CT molecular complexity index is 339. The average molecular weight is 268 g/mol. The van der Waals surface area contributed by atoms with Crippen molar-refractivity contribution in [3.05, 3.63) is 12.7 Å². The van der Waals surface area contributed by atoms with Gasteiger partial charge < -0.3 is 15.4 Å². The lowest BCUT2D eigenvalue weighted by atomic mass is 9.91. The Kier molecular flexibility index (Phi) is 5.39. The first-order valence-corrected chi connectivity index (χ1v) is 6.72. The van der Waals surface area contributed by atoms with Crippen LogP contribution >= 0.6 is 0 Å². The van der Waals surface area contributed by atoms with Gasteiger partial charge in [0.1, 0.15) is 5.60 Å². The Hall–Kier alpha value is -1.52. The number of nitrogens with one attached hydrogen (secondary N) is 2. The van der Waals surface area contributed by atoms with E-state index in [9.17, 15) is 9.59 Å². The molecule has 2 amide bonds. The summed E-state index contributed by atoms with van der Waals surface area (Å²) < 4.78 is 5.22. The van der Waals surface area contributed by atoms with Crippen molar-refractivity contribution >= 4 is 12.0 Å². The standard InChI is InChI=1S/C14H24N2O3/c1-5-12(17)15-10-6-8-11(9-7-10)16-13(18)19-14(2,3)4/h5,10-11H,1,6-9H2,2-4H3,(H,15,17)(H,16,18). The molecule has 0 aromatic rings. The first-order chi connectivity index (χ1) is 8.80. The fourth-order valence-corrected chi connectivity index (χ4v) is 2.12. The van der Waals surface area contributed by atoms with Gasteiger partial charge in [-0.25, -0.2) is 4.79 Å². The van der Waals surface area contributed by atoms with E-state index in [-0.39, 0.29) is 24.1 Å². The van der Waals surface area contributed by atoms with Crippen molar-refractivity contribution in [2.24, 2.45) is 0 Å². The zero-order valence-corrected chi connectivity index (χ0v) is 12.0. The molecule has 1 rings (SSSR count). The smallest absolute Gasteiger partial charge is 0.407 e. The molecule has 1 fully saturated rings. The molecule has 19 heavy (non-hydrogen) atoms. The molecule has 1 aliphatic carbocycles. The minimum absolute atomic E-state index is 0.131. The molecule has 0 saturated heterocycles. The van der Waals surface area contributed by atoms with Crippen LogP contribution in [0.3, 0.4) is 0 Å². The molecule has 0 spiro atoms. The fraction of sp³-hybridized carbons (Fsp3) is 0.714. The Morgan fingerprint density at radius 3 is 2.00 bits per heavy atom. The summed E-state index contributed by atoms with van der Waals surface area (Å²) in [4.78, 5) is 22.8. The minimum atomic E-state index is -0.473. The Morgan fingerprint density at radius 2 is 1.58 bits per heavy atom. The molecule has 0 aliphatic heterocycles. The maximum atomic E-state index is 11.6. The van der Waals surface area contributed by atoms with Gasteiger partial charge in [0.2, 0.25) is 5.91 Å². The molecule has 0 radical (unpaired) electrons. The number of carbonyl (C=O) groups excluding carboxylic acids is 2. The first-order valence-electron chi connectivity index (χ1n) is 6.72. The summed E-state index contributed by atoms with van der Waals surface area (Å²) in [5, 5.41) is 5.75. The lowest BCUT2D eigenvalue weighted by molar-refractivity contribution is -0.117. The maximum Gasteiger partial charge on any atom is 0.407 e. The monoisotopic (exact) mass is 268 g/mol. The number of amides is 2. The average Bonchev–Trinajstić information content (AvgIpc) is 2.29. The van der Waals surface area contributed by atoms with Crippen molar-refractivity contribution in [1.82, 2.24) is 10.6 Å². The van der Waals surface area contributed by atoms with E-state index in [1.54, 1.807) is 0 Å². The lowest BCUT2D eigenvalue weighted by Crippen LogP contribution is -2.44. The minimum Gasteiger partial charge on any atom is -0.444 e. The predicted octanol–water partition coefficient (Wildman–Crippen LogP) is 2.12. The van der Waals surface area contributed by atoms with Gasteiger partial charge in [-0.1, -0.05) is 6.58 Å². The van der Waals surface area contributed by atoms with E-state index in [0.717, 1.165) is 25.7 Å². The first kappa shape index (κ1) is 15.5. The maximum absolute atomic E-state index is 11.6. The summed E-state index contributed by atoms with van der Waals surface area (Å²) in [6.45, 7) is 8.95. The Labute approximate surface area is 114 Å². The number of hydrogen-bond donors (Lipinski definition) is 2. The van der Waals surface area contributed by atoms with Crippen LogP contribution in [0.2, 0.25) is 0 Å². The molecule has 0 aromatic heterocycles. The van der Waals surface area contributed by atoms with E-state index >= 15 is 0 Å². The lowest BCUT2D eigenvalue weighted by Gasteiger charge is -2.30. The fourth-order valence-electron chi connectivity index (χ4n) is 2.12. The van der Waals surface area contributed by atoms with Crippen LogP contribution in [-0.4, -0.2) is 29.7 Å². The molecule has 0 aromatic carbocycles. The summed E-state index contributed by atoms with van der Waals surface area (Å²) >= 11 is 0. The highest BCUT2D eigenvalue weighted by molar-refractivity contribution is 5.87. The molecule has 108 valence electrons. The molecule has 5 nitrogen and oxygen atoms in total. The molecule has 0 unspecified atom stereocenters. The largest absolute Gasteiger partial charge is 0.444 e. The van der Waals surface area contributed by atoms with Crippen LogP contribution in [0.5, 0.6) is 0 Å². The highest BCUT2D eigenvalue weighted by Gasteiger charge is 2.25. The molecule has 0 bridgehead atoms.